The van der Waals surface area contributed by atoms with E-state index in [1.54, 1.807) is 6.20 Å². The summed E-state index contributed by atoms with van der Waals surface area (Å²) in [4.78, 5) is 8.09. The van der Waals surface area contributed by atoms with Gasteiger partial charge in [-0.25, -0.2) is 9.97 Å². The zero-order valence-corrected chi connectivity index (χ0v) is 11.6. The molecule has 0 aliphatic rings. The molecule has 0 aliphatic heterocycles. The molecule has 0 amide bonds. The lowest BCUT2D eigenvalue weighted by Crippen LogP contribution is -1.93. The molecule has 3 rings (SSSR count). The van der Waals surface area contributed by atoms with Gasteiger partial charge in [0.15, 0.2) is 0 Å². The summed E-state index contributed by atoms with van der Waals surface area (Å²) in [6.07, 6.45) is 2.44. The van der Waals surface area contributed by atoms with Gasteiger partial charge in [-0.3, -0.25) is 0 Å². The molecule has 1 aromatic heterocycles. The van der Waals surface area contributed by atoms with Crippen molar-refractivity contribution >= 4 is 11.6 Å². The molecule has 0 fully saturated rings. The summed E-state index contributed by atoms with van der Waals surface area (Å²) in [5.74, 6) is 0. The van der Waals surface area contributed by atoms with Crippen LogP contribution in [0.3, 0.4) is 0 Å². The van der Waals surface area contributed by atoms with Crippen molar-refractivity contribution < 1.29 is 0 Å². The molecule has 2 nitrogen and oxygen atoms in total. The Labute approximate surface area is 123 Å². The van der Waals surface area contributed by atoms with E-state index in [2.05, 4.69) is 46.4 Å². The fourth-order valence-corrected chi connectivity index (χ4v) is 2.29. The molecule has 0 aliphatic carbocycles. The zero-order chi connectivity index (χ0) is 13.8. The Morgan fingerprint density at radius 3 is 2.20 bits per heavy atom. The summed E-state index contributed by atoms with van der Waals surface area (Å²) < 4.78 is 0. The van der Waals surface area contributed by atoms with Crippen molar-refractivity contribution in [1.82, 2.24) is 9.97 Å². The van der Waals surface area contributed by atoms with Gasteiger partial charge in [-0.1, -0.05) is 54.6 Å². The fraction of sp³-hybridized carbons (Fsp3) is 0.0588. The molecule has 0 bridgehead atoms. The second kappa shape index (κ2) is 5.85. The second-order valence-electron chi connectivity index (χ2n) is 4.56. The first-order chi connectivity index (χ1) is 9.81. The third-order valence-electron chi connectivity index (χ3n) is 3.13. The number of halogens is 1. The number of hydrogen-bond donors (Lipinski definition) is 0. The van der Waals surface area contributed by atoms with Crippen molar-refractivity contribution in [2.24, 2.45) is 0 Å². The Morgan fingerprint density at radius 2 is 1.50 bits per heavy atom. The molecule has 3 aromatic rings. The van der Waals surface area contributed by atoms with Gasteiger partial charge in [-0.2, -0.15) is 0 Å². The summed E-state index contributed by atoms with van der Waals surface area (Å²) in [6.45, 7) is 0. The molecule has 0 spiro atoms. The summed E-state index contributed by atoms with van der Waals surface area (Å²) >= 11 is 5.79. The van der Waals surface area contributed by atoms with Crippen molar-refractivity contribution in [3.8, 4) is 11.1 Å². The molecule has 0 saturated heterocycles. The van der Waals surface area contributed by atoms with Crippen molar-refractivity contribution in [3.05, 3.63) is 83.4 Å². The van der Waals surface area contributed by atoms with E-state index in [1.807, 2.05) is 24.3 Å². The van der Waals surface area contributed by atoms with Crippen LogP contribution in [0.5, 0.6) is 0 Å². The molecule has 1 heterocycles. The minimum atomic E-state index is 0.295. The molecule has 98 valence electrons. The zero-order valence-electron chi connectivity index (χ0n) is 10.8. The largest absolute Gasteiger partial charge is 0.227 e. The Bertz CT molecular complexity index is 694. The summed E-state index contributed by atoms with van der Waals surface area (Å²) in [5.41, 5.74) is 4.58. The highest BCUT2D eigenvalue weighted by atomic mass is 35.5. The van der Waals surface area contributed by atoms with Crippen LogP contribution in [0, 0.1) is 0 Å². The minimum Gasteiger partial charge on any atom is -0.227 e. The maximum Gasteiger partial charge on any atom is 0.222 e. The summed E-state index contributed by atoms with van der Waals surface area (Å²) in [7, 11) is 0. The smallest absolute Gasteiger partial charge is 0.222 e. The molecular weight excluding hydrogens is 268 g/mol. The predicted octanol–water partition coefficient (Wildman–Crippen LogP) is 4.39. The second-order valence-corrected chi connectivity index (χ2v) is 4.89. The predicted molar refractivity (Wildman–Crippen MR) is 81.7 cm³/mol. The van der Waals surface area contributed by atoms with Crippen LogP contribution < -0.4 is 0 Å². The summed E-state index contributed by atoms with van der Waals surface area (Å²) in [6, 6.07) is 20.7. The third-order valence-corrected chi connectivity index (χ3v) is 3.31. The lowest BCUT2D eigenvalue weighted by atomic mass is 10.0. The molecule has 0 unspecified atom stereocenters. The monoisotopic (exact) mass is 280 g/mol. The van der Waals surface area contributed by atoms with E-state index >= 15 is 0 Å². The Kier molecular flexibility index (Phi) is 3.75. The van der Waals surface area contributed by atoms with E-state index in [9.17, 15) is 0 Å². The highest BCUT2D eigenvalue weighted by Crippen LogP contribution is 2.20. The molecule has 0 saturated carbocycles. The van der Waals surface area contributed by atoms with Crippen LogP contribution in [0.2, 0.25) is 5.28 Å². The van der Waals surface area contributed by atoms with Crippen LogP contribution in [-0.2, 0) is 6.42 Å². The van der Waals surface area contributed by atoms with Crippen molar-refractivity contribution in [3.63, 3.8) is 0 Å². The Balaban J connectivity index is 1.80. The van der Waals surface area contributed by atoms with Crippen molar-refractivity contribution in [1.29, 1.82) is 0 Å². The van der Waals surface area contributed by atoms with Gasteiger partial charge in [0, 0.05) is 18.3 Å². The number of hydrogen-bond acceptors (Lipinski definition) is 2. The number of rotatable bonds is 3. The molecule has 3 heteroatoms. The van der Waals surface area contributed by atoms with Gasteiger partial charge < -0.3 is 0 Å². The van der Waals surface area contributed by atoms with Gasteiger partial charge in [-0.15, -0.1) is 0 Å². The van der Waals surface area contributed by atoms with Crippen LogP contribution in [0.1, 0.15) is 11.3 Å². The van der Waals surface area contributed by atoms with Crippen LogP contribution in [0.15, 0.2) is 66.9 Å². The normalized spacial score (nSPS) is 10.4. The molecule has 0 N–H and O–H groups in total. The number of nitrogens with zero attached hydrogens (tertiary/aromatic N) is 2. The van der Waals surface area contributed by atoms with E-state index in [1.165, 1.54) is 16.7 Å². The first-order valence-electron chi connectivity index (χ1n) is 6.43. The third kappa shape index (κ3) is 3.03. The highest BCUT2D eigenvalue weighted by molar-refractivity contribution is 6.28. The van der Waals surface area contributed by atoms with Crippen LogP contribution in [0.25, 0.3) is 11.1 Å². The summed E-state index contributed by atoms with van der Waals surface area (Å²) in [5, 5.41) is 0.295. The van der Waals surface area contributed by atoms with Gasteiger partial charge in [0.2, 0.25) is 5.28 Å². The lowest BCUT2D eigenvalue weighted by molar-refractivity contribution is 1.03. The van der Waals surface area contributed by atoms with Gasteiger partial charge in [0.25, 0.3) is 0 Å². The van der Waals surface area contributed by atoms with Gasteiger partial charge in [0.1, 0.15) is 0 Å². The van der Waals surface area contributed by atoms with Crippen LogP contribution in [0.4, 0.5) is 0 Å². The number of aromatic nitrogens is 2. The Hall–Kier alpha value is -2.19. The molecular formula is C17H13ClN2. The number of benzene rings is 2. The maximum atomic E-state index is 5.79. The fourth-order valence-electron chi connectivity index (χ4n) is 2.12. The highest BCUT2D eigenvalue weighted by Gasteiger charge is 2.01. The van der Waals surface area contributed by atoms with Crippen molar-refractivity contribution in [2.75, 3.05) is 0 Å². The molecule has 0 atom stereocenters. The van der Waals surface area contributed by atoms with Crippen LogP contribution >= 0.6 is 11.6 Å². The maximum absolute atomic E-state index is 5.79. The van der Waals surface area contributed by atoms with Gasteiger partial charge in [-0.05, 0) is 34.4 Å². The lowest BCUT2D eigenvalue weighted by Gasteiger charge is -2.04. The van der Waals surface area contributed by atoms with Crippen molar-refractivity contribution in [2.45, 2.75) is 6.42 Å². The average molecular weight is 281 g/mol. The first-order valence-corrected chi connectivity index (χ1v) is 6.81. The first kappa shape index (κ1) is 12.8. The molecule has 0 radical (unpaired) electrons. The van der Waals surface area contributed by atoms with E-state index in [0.717, 1.165) is 12.1 Å². The quantitative estimate of drug-likeness (QED) is 0.665. The molecule has 20 heavy (non-hydrogen) atoms. The van der Waals surface area contributed by atoms with E-state index in [-0.39, 0.29) is 0 Å². The SMILES string of the molecule is Clc1nccc(Cc2ccc(-c3ccccc3)cc2)n1. The van der Waals surface area contributed by atoms with Crippen LogP contribution in [-0.4, -0.2) is 9.97 Å². The molecule has 2 aromatic carbocycles. The van der Waals surface area contributed by atoms with Gasteiger partial charge >= 0.3 is 0 Å². The topological polar surface area (TPSA) is 25.8 Å². The van der Waals surface area contributed by atoms with E-state index < -0.39 is 0 Å². The Morgan fingerprint density at radius 1 is 0.800 bits per heavy atom. The van der Waals surface area contributed by atoms with E-state index in [4.69, 9.17) is 11.6 Å². The van der Waals surface area contributed by atoms with E-state index in [0.29, 0.717) is 5.28 Å². The minimum absolute atomic E-state index is 0.295. The average Bonchev–Trinajstić information content (AvgIpc) is 2.49. The van der Waals surface area contributed by atoms with Gasteiger partial charge in [0.05, 0.1) is 0 Å². The standard InChI is InChI=1S/C17H13ClN2/c18-17-19-11-10-16(20-17)12-13-6-8-15(9-7-13)14-4-2-1-3-5-14/h1-11H,12H2.